The van der Waals surface area contributed by atoms with Gasteiger partial charge in [0.15, 0.2) is 0 Å². The average molecular weight is 289 g/mol. The quantitative estimate of drug-likeness (QED) is 0.756. The number of anilines is 1. The molecule has 0 amide bonds. The molecule has 1 aromatic carbocycles. The van der Waals surface area contributed by atoms with Gasteiger partial charge in [0.05, 0.1) is 5.41 Å². The summed E-state index contributed by atoms with van der Waals surface area (Å²) in [6.45, 7) is -0.292. The zero-order valence-electron chi connectivity index (χ0n) is 11.9. The smallest absolute Gasteiger partial charge is 0.105 e. The summed E-state index contributed by atoms with van der Waals surface area (Å²) in [7, 11) is 0. The van der Waals surface area contributed by atoms with Gasteiger partial charge in [-0.05, 0) is 18.4 Å². The number of para-hydroxylation sites is 1. The fourth-order valence-corrected chi connectivity index (χ4v) is 2.52. The monoisotopic (exact) mass is 289 g/mol. The Morgan fingerprint density at radius 3 is 2.00 bits per heavy atom. The zero-order chi connectivity index (χ0) is 15.4. The van der Waals surface area contributed by atoms with Crippen LogP contribution in [0.15, 0.2) is 24.3 Å². The molecule has 0 saturated carbocycles. The van der Waals surface area contributed by atoms with E-state index in [0.29, 0.717) is 0 Å². The molecule has 0 aromatic heterocycles. The van der Waals surface area contributed by atoms with Crippen molar-refractivity contribution >= 4 is 5.69 Å². The first kappa shape index (κ1) is 16.8. The van der Waals surface area contributed by atoms with E-state index in [-0.39, 0.29) is 23.6 Å². The summed E-state index contributed by atoms with van der Waals surface area (Å²) in [4.78, 5) is 0. The molecule has 20 heavy (non-hydrogen) atoms. The van der Waals surface area contributed by atoms with Gasteiger partial charge in [0, 0.05) is 11.3 Å². The second-order valence-corrected chi connectivity index (χ2v) is 5.73. The Kier molecular flexibility index (Phi) is 5.45. The van der Waals surface area contributed by atoms with Crippen molar-refractivity contribution in [1.29, 1.82) is 0 Å². The number of halogens is 3. The normalized spacial score (nSPS) is 15.3. The Balaban J connectivity index is 3.47. The Labute approximate surface area is 117 Å². The zero-order valence-corrected chi connectivity index (χ0v) is 11.9. The summed E-state index contributed by atoms with van der Waals surface area (Å²) in [5, 5.41) is 10.9. The van der Waals surface area contributed by atoms with Crippen molar-refractivity contribution in [2.45, 2.75) is 25.9 Å². The maximum Gasteiger partial charge on any atom is 0.105 e. The van der Waals surface area contributed by atoms with Gasteiger partial charge in [0.1, 0.15) is 25.6 Å². The molecule has 114 valence electrons. The predicted octanol–water partition coefficient (Wildman–Crippen LogP) is 3.40. The summed E-state index contributed by atoms with van der Waals surface area (Å²) in [5.41, 5.74) is 2.10. The van der Waals surface area contributed by atoms with Crippen LogP contribution in [-0.2, 0) is 5.60 Å². The third-order valence-electron chi connectivity index (χ3n) is 3.75. The molecule has 2 nitrogen and oxygen atoms in total. The molecular formula is C15H22F3NO. The number of nitrogen functional groups attached to an aromatic ring is 1. The molecule has 0 fully saturated rings. The lowest BCUT2D eigenvalue weighted by atomic mass is 9.66. The van der Waals surface area contributed by atoms with Crippen molar-refractivity contribution in [3.05, 3.63) is 29.8 Å². The highest BCUT2D eigenvalue weighted by Gasteiger charge is 2.53. The van der Waals surface area contributed by atoms with Crippen LogP contribution in [0, 0.1) is 11.3 Å². The highest BCUT2D eigenvalue weighted by Crippen LogP contribution is 2.47. The van der Waals surface area contributed by atoms with E-state index < -0.39 is 31.0 Å². The highest BCUT2D eigenvalue weighted by molar-refractivity contribution is 5.50. The number of hydrogen-bond donors (Lipinski definition) is 2. The highest BCUT2D eigenvalue weighted by atomic mass is 19.1. The Morgan fingerprint density at radius 1 is 1.10 bits per heavy atom. The molecule has 0 bridgehead atoms. The number of nitrogens with two attached hydrogens (primary N) is 1. The van der Waals surface area contributed by atoms with Crippen LogP contribution in [-0.4, -0.2) is 25.1 Å². The molecule has 1 aromatic rings. The molecule has 3 N–H and O–H groups in total. The van der Waals surface area contributed by atoms with Crippen LogP contribution in [0.25, 0.3) is 0 Å². The molecular weight excluding hydrogens is 267 g/mol. The third-order valence-corrected chi connectivity index (χ3v) is 3.75. The van der Waals surface area contributed by atoms with Crippen LogP contribution in [0.2, 0.25) is 0 Å². The number of rotatable bonds is 7. The molecule has 5 heteroatoms. The van der Waals surface area contributed by atoms with Gasteiger partial charge in [-0.25, -0.2) is 0 Å². The van der Waals surface area contributed by atoms with Crippen LogP contribution in [0.4, 0.5) is 18.9 Å². The van der Waals surface area contributed by atoms with Gasteiger partial charge in [0.25, 0.3) is 0 Å². The molecule has 0 radical (unpaired) electrons. The minimum absolute atomic E-state index is 0.0268. The average Bonchev–Trinajstić information content (AvgIpc) is 2.40. The molecule has 0 saturated heterocycles. The molecule has 0 aliphatic heterocycles. The van der Waals surface area contributed by atoms with E-state index >= 15 is 0 Å². The van der Waals surface area contributed by atoms with Gasteiger partial charge < -0.3 is 10.8 Å². The van der Waals surface area contributed by atoms with E-state index in [0.717, 1.165) is 0 Å². The van der Waals surface area contributed by atoms with Crippen molar-refractivity contribution in [3.63, 3.8) is 0 Å². The standard InChI is InChI=1S/C15H22F3NO/c1-11(2)7-15(20,14(8-16,9-17)10-18)12-5-3-4-6-13(12)19/h3-6,11,20H,7-10,19H2,1-2H3. The van der Waals surface area contributed by atoms with Crippen LogP contribution >= 0.6 is 0 Å². The first-order valence-corrected chi connectivity index (χ1v) is 6.62. The lowest BCUT2D eigenvalue weighted by molar-refractivity contribution is -0.135. The second kappa shape index (κ2) is 6.48. The summed E-state index contributed by atoms with van der Waals surface area (Å²) in [6.07, 6.45) is 0.0268. The van der Waals surface area contributed by atoms with Gasteiger partial charge >= 0.3 is 0 Å². The topological polar surface area (TPSA) is 46.2 Å². The fourth-order valence-electron chi connectivity index (χ4n) is 2.52. The van der Waals surface area contributed by atoms with Crippen molar-refractivity contribution in [2.24, 2.45) is 11.3 Å². The van der Waals surface area contributed by atoms with Crippen LogP contribution in [0.1, 0.15) is 25.8 Å². The largest absolute Gasteiger partial charge is 0.398 e. The first-order chi connectivity index (χ1) is 9.36. The van der Waals surface area contributed by atoms with Crippen LogP contribution < -0.4 is 5.73 Å². The van der Waals surface area contributed by atoms with Crippen LogP contribution in [0.3, 0.4) is 0 Å². The summed E-state index contributed by atoms with van der Waals surface area (Å²) in [5.74, 6) is -0.0800. The summed E-state index contributed by atoms with van der Waals surface area (Å²) >= 11 is 0. The molecule has 1 atom stereocenters. The van der Waals surface area contributed by atoms with Gasteiger partial charge in [-0.2, -0.15) is 0 Å². The van der Waals surface area contributed by atoms with Gasteiger partial charge in [0.2, 0.25) is 0 Å². The van der Waals surface area contributed by atoms with E-state index in [2.05, 4.69) is 0 Å². The summed E-state index contributed by atoms with van der Waals surface area (Å²) in [6, 6.07) is 6.28. The molecule has 0 aliphatic rings. The number of benzene rings is 1. The third kappa shape index (κ3) is 2.77. The molecule has 1 rings (SSSR count). The van der Waals surface area contributed by atoms with Crippen molar-refractivity contribution in [2.75, 3.05) is 25.8 Å². The van der Waals surface area contributed by atoms with E-state index in [1.165, 1.54) is 12.1 Å². The maximum atomic E-state index is 13.4. The van der Waals surface area contributed by atoms with E-state index in [4.69, 9.17) is 5.73 Å². The lowest BCUT2D eigenvalue weighted by Gasteiger charge is -2.44. The summed E-state index contributed by atoms with van der Waals surface area (Å²) < 4.78 is 40.2. The Hall–Kier alpha value is -1.23. The number of alkyl halides is 3. The van der Waals surface area contributed by atoms with Gasteiger partial charge in [-0.1, -0.05) is 32.0 Å². The number of hydrogen-bond acceptors (Lipinski definition) is 2. The molecule has 0 spiro atoms. The van der Waals surface area contributed by atoms with E-state index in [9.17, 15) is 18.3 Å². The minimum atomic E-state index is -2.12. The fraction of sp³-hybridized carbons (Fsp3) is 0.600. The first-order valence-electron chi connectivity index (χ1n) is 6.62. The second-order valence-electron chi connectivity index (χ2n) is 5.73. The van der Waals surface area contributed by atoms with E-state index in [1.54, 1.807) is 26.0 Å². The SMILES string of the molecule is CC(C)CC(O)(c1ccccc1N)C(CF)(CF)CF. The van der Waals surface area contributed by atoms with Gasteiger partial charge in [-0.3, -0.25) is 13.2 Å². The maximum absolute atomic E-state index is 13.4. The van der Waals surface area contributed by atoms with Gasteiger partial charge in [-0.15, -0.1) is 0 Å². The predicted molar refractivity (Wildman–Crippen MR) is 74.6 cm³/mol. The minimum Gasteiger partial charge on any atom is -0.398 e. The van der Waals surface area contributed by atoms with Crippen molar-refractivity contribution in [3.8, 4) is 0 Å². The Bertz CT molecular complexity index is 427. The van der Waals surface area contributed by atoms with Crippen molar-refractivity contribution in [1.82, 2.24) is 0 Å². The van der Waals surface area contributed by atoms with E-state index in [1.807, 2.05) is 0 Å². The molecule has 0 heterocycles. The number of aliphatic hydroxyl groups is 1. The lowest BCUT2D eigenvalue weighted by Crippen LogP contribution is -2.52. The molecule has 0 aliphatic carbocycles. The Morgan fingerprint density at radius 2 is 1.60 bits per heavy atom. The van der Waals surface area contributed by atoms with Crippen molar-refractivity contribution < 1.29 is 18.3 Å². The molecule has 1 unspecified atom stereocenters. The van der Waals surface area contributed by atoms with Crippen LogP contribution in [0.5, 0.6) is 0 Å².